The fraction of sp³-hybridized carbons (Fsp3) is 0.611. The minimum atomic E-state index is 0.790. The van der Waals surface area contributed by atoms with E-state index in [-0.39, 0.29) is 0 Å². The summed E-state index contributed by atoms with van der Waals surface area (Å²) in [6, 6.07) is 4.21. The van der Waals surface area contributed by atoms with E-state index in [0.29, 0.717) is 0 Å². The molecule has 0 saturated heterocycles. The van der Waals surface area contributed by atoms with Crippen LogP contribution in [-0.2, 0) is 13.0 Å². The topological polar surface area (TPSA) is 58.1 Å². The molecule has 2 rings (SSSR count). The highest BCUT2D eigenvalue weighted by molar-refractivity contribution is 5.79. The third-order valence-electron chi connectivity index (χ3n) is 4.17. The van der Waals surface area contributed by atoms with Gasteiger partial charge in [0, 0.05) is 32.7 Å². The van der Waals surface area contributed by atoms with E-state index < -0.39 is 0 Å². The molecule has 134 valence electrons. The molecule has 1 aliphatic heterocycles. The Balaban J connectivity index is 1.96. The molecule has 6 heteroatoms. The Morgan fingerprint density at radius 2 is 1.71 bits per heavy atom. The summed E-state index contributed by atoms with van der Waals surface area (Å²) < 4.78 is 10.8. The molecule has 0 bridgehead atoms. The van der Waals surface area contributed by atoms with Crippen molar-refractivity contribution in [3.05, 3.63) is 23.3 Å². The molecule has 0 saturated carbocycles. The quantitative estimate of drug-likeness (QED) is 0.586. The normalized spacial score (nSPS) is 13.8. The minimum absolute atomic E-state index is 0.790. The Hall–Kier alpha value is -1.95. The summed E-state index contributed by atoms with van der Waals surface area (Å²) in [7, 11) is 3.37. The fourth-order valence-electron chi connectivity index (χ4n) is 2.94. The summed E-state index contributed by atoms with van der Waals surface area (Å²) in [6.45, 7) is 9.64. The number of nitrogens with zero attached hydrogens (tertiary/aromatic N) is 2. The maximum Gasteiger partial charge on any atom is 0.191 e. The molecule has 2 N–H and O–H groups in total. The van der Waals surface area contributed by atoms with Crippen molar-refractivity contribution in [2.24, 2.45) is 4.99 Å². The van der Waals surface area contributed by atoms with Gasteiger partial charge < -0.3 is 20.1 Å². The van der Waals surface area contributed by atoms with Crippen molar-refractivity contribution >= 4 is 5.96 Å². The van der Waals surface area contributed by atoms with Crippen LogP contribution in [0.25, 0.3) is 0 Å². The van der Waals surface area contributed by atoms with Gasteiger partial charge in [0.15, 0.2) is 17.5 Å². The smallest absolute Gasteiger partial charge is 0.191 e. The highest BCUT2D eigenvalue weighted by Gasteiger charge is 2.19. The molecule has 0 aliphatic carbocycles. The minimum Gasteiger partial charge on any atom is -0.493 e. The third kappa shape index (κ3) is 4.77. The number of methoxy groups -OCH3 is 2. The Labute approximate surface area is 145 Å². The Kier molecular flexibility index (Phi) is 7.18. The molecular formula is C18H30N4O2. The SMILES string of the molecule is CCNC(=NCCN1CCc2cc(OC)c(OC)cc2C1)NCC. The zero-order valence-corrected chi connectivity index (χ0v) is 15.3. The fourth-order valence-corrected chi connectivity index (χ4v) is 2.94. The van der Waals surface area contributed by atoms with Crippen LogP contribution in [0.15, 0.2) is 17.1 Å². The lowest BCUT2D eigenvalue weighted by atomic mass is 9.99. The van der Waals surface area contributed by atoms with Crippen molar-refractivity contribution < 1.29 is 9.47 Å². The van der Waals surface area contributed by atoms with Gasteiger partial charge in [-0.05, 0) is 43.5 Å². The molecular weight excluding hydrogens is 304 g/mol. The molecule has 1 aromatic carbocycles. The summed E-state index contributed by atoms with van der Waals surface area (Å²) in [5, 5.41) is 6.51. The lowest BCUT2D eigenvalue weighted by Crippen LogP contribution is -2.38. The van der Waals surface area contributed by atoms with E-state index in [2.05, 4.69) is 46.5 Å². The van der Waals surface area contributed by atoms with Crippen molar-refractivity contribution in [1.29, 1.82) is 0 Å². The van der Waals surface area contributed by atoms with Crippen LogP contribution in [0.1, 0.15) is 25.0 Å². The summed E-state index contributed by atoms with van der Waals surface area (Å²) in [4.78, 5) is 7.06. The largest absolute Gasteiger partial charge is 0.493 e. The first kappa shape index (κ1) is 18.4. The molecule has 1 aromatic rings. The van der Waals surface area contributed by atoms with Gasteiger partial charge in [-0.2, -0.15) is 0 Å². The molecule has 0 unspecified atom stereocenters. The van der Waals surface area contributed by atoms with Crippen LogP contribution < -0.4 is 20.1 Å². The molecule has 24 heavy (non-hydrogen) atoms. The molecule has 0 amide bonds. The second-order valence-electron chi connectivity index (χ2n) is 5.79. The van der Waals surface area contributed by atoms with Crippen molar-refractivity contribution in [2.45, 2.75) is 26.8 Å². The van der Waals surface area contributed by atoms with Gasteiger partial charge in [0.05, 0.1) is 20.8 Å². The zero-order chi connectivity index (χ0) is 17.4. The lowest BCUT2D eigenvalue weighted by molar-refractivity contribution is 0.260. The van der Waals surface area contributed by atoms with Crippen molar-refractivity contribution in [1.82, 2.24) is 15.5 Å². The van der Waals surface area contributed by atoms with E-state index in [1.807, 2.05) is 0 Å². The van der Waals surface area contributed by atoms with Gasteiger partial charge in [0.25, 0.3) is 0 Å². The lowest BCUT2D eigenvalue weighted by Gasteiger charge is -2.29. The number of nitrogens with one attached hydrogen (secondary N) is 2. The van der Waals surface area contributed by atoms with Gasteiger partial charge in [-0.25, -0.2) is 0 Å². The van der Waals surface area contributed by atoms with E-state index in [1.54, 1.807) is 14.2 Å². The number of ether oxygens (including phenoxy) is 2. The number of benzene rings is 1. The molecule has 1 heterocycles. The first-order valence-corrected chi connectivity index (χ1v) is 8.70. The second-order valence-corrected chi connectivity index (χ2v) is 5.79. The molecule has 0 fully saturated rings. The molecule has 1 aliphatic rings. The Bertz CT molecular complexity index is 552. The van der Waals surface area contributed by atoms with E-state index in [9.17, 15) is 0 Å². The van der Waals surface area contributed by atoms with Gasteiger partial charge in [-0.1, -0.05) is 0 Å². The van der Waals surface area contributed by atoms with Gasteiger partial charge in [-0.15, -0.1) is 0 Å². The monoisotopic (exact) mass is 334 g/mol. The number of aliphatic imine (C=N–C) groups is 1. The Morgan fingerprint density at radius 3 is 2.29 bits per heavy atom. The number of hydrogen-bond acceptors (Lipinski definition) is 4. The van der Waals surface area contributed by atoms with Gasteiger partial charge in [0.2, 0.25) is 0 Å². The highest BCUT2D eigenvalue weighted by Crippen LogP contribution is 2.33. The van der Waals surface area contributed by atoms with Gasteiger partial charge in [-0.3, -0.25) is 9.89 Å². The van der Waals surface area contributed by atoms with E-state index in [4.69, 9.17) is 9.47 Å². The first-order chi connectivity index (χ1) is 11.7. The summed E-state index contributed by atoms with van der Waals surface area (Å²) in [5.74, 6) is 2.51. The number of hydrogen-bond donors (Lipinski definition) is 2. The van der Waals surface area contributed by atoms with Crippen molar-refractivity contribution in [2.75, 3.05) is 46.9 Å². The highest BCUT2D eigenvalue weighted by atomic mass is 16.5. The summed E-state index contributed by atoms with van der Waals surface area (Å²) >= 11 is 0. The molecule has 0 aromatic heterocycles. The molecule has 6 nitrogen and oxygen atoms in total. The van der Waals surface area contributed by atoms with Crippen LogP contribution in [-0.4, -0.2) is 57.8 Å². The number of fused-ring (bicyclic) bond motifs is 1. The van der Waals surface area contributed by atoms with Crippen LogP contribution in [0.2, 0.25) is 0 Å². The molecule has 0 radical (unpaired) electrons. The van der Waals surface area contributed by atoms with Gasteiger partial charge >= 0.3 is 0 Å². The van der Waals surface area contributed by atoms with Crippen LogP contribution >= 0.6 is 0 Å². The van der Waals surface area contributed by atoms with Gasteiger partial charge in [0.1, 0.15) is 0 Å². The van der Waals surface area contributed by atoms with Crippen LogP contribution in [0, 0.1) is 0 Å². The number of rotatable bonds is 7. The Morgan fingerprint density at radius 1 is 1.08 bits per heavy atom. The third-order valence-corrected chi connectivity index (χ3v) is 4.17. The van der Waals surface area contributed by atoms with Crippen molar-refractivity contribution in [3.8, 4) is 11.5 Å². The summed E-state index contributed by atoms with van der Waals surface area (Å²) in [5.41, 5.74) is 2.68. The van der Waals surface area contributed by atoms with Crippen molar-refractivity contribution in [3.63, 3.8) is 0 Å². The van der Waals surface area contributed by atoms with E-state index in [1.165, 1.54) is 11.1 Å². The maximum absolute atomic E-state index is 5.42. The molecule has 0 atom stereocenters. The number of guanidine groups is 1. The molecule has 0 spiro atoms. The van der Waals surface area contributed by atoms with E-state index in [0.717, 1.165) is 63.1 Å². The van der Waals surface area contributed by atoms with E-state index >= 15 is 0 Å². The predicted molar refractivity (Wildman–Crippen MR) is 98.2 cm³/mol. The first-order valence-electron chi connectivity index (χ1n) is 8.70. The predicted octanol–water partition coefficient (Wildman–Crippen LogP) is 1.64. The van der Waals surface area contributed by atoms with Crippen LogP contribution in [0.3, 0.4) is 0 Å². The second kappa shape index (κ2) is 9.37. The average Bonchev–Trinajstić information content (AvgIpc) is 2.60. The van der Waals surface area contributed by atoms with Crippen LogP contribution in [0.4, 0.5) is 0 Å². The average molecular weight is 334 g/mol. The zero-order valence-electron chi connectivity index (χ0n) is 15.3. The van der Waals surface area contributed by atoms with Crippen LogP contribution in [0.5, 0.6) is 11.5 Å². The standard InChI is InChI=1S/C18H30N4O2/c1-5-19-18(20-6-2)21-8-10-22-9-7-14-11-16(23-3)17(24-4)12-15(14)13-22/h11-12H,5-10,13H2,1-4H3,(H2,19,20,21). The summed E-state index contributed by atoms with van der Waals surface area (Å²) in [6.07, 6.45) is 1.03. The maximum atomic E-state index is 5.42.